The Hall–Kier alpha value is -3.17. The van der Waals surface area contributed by atoms with E-state index >= 15 is 0 Å². The van der Waals surface area contributed by atoms with Gasteiger partial charge in [0.05, 0.1) is 5.75 Å². The summed E-state index contributed by atoms with van der Waals surface area (Å²) in [6.07, 6.45) is 0. The third kappa shape index (κ3) is 4.33. The van der Waals surface area contributed by atoms with Crippen LogP contribution in [0.3, 0.4) is 0 Å². The van der Waals surface area contributed by atoms with Crippen molar-refractivity contribution in [2.24, 2.45) is 0 Å². The lowest BCUT2D eigenvalue weighted by atomic mass is 10.2. The number of aromatic amines is 1. The Morgan fingerprint density at radius 1 is 1.06 bits per heavy atom. The Kier molecular flexibility index (Phi) is 5.79. The van der Waals surface area contributed by atoms with Crippen LogP contribution in [0.2, 0.25) is 0 Å². The summed E-state index contributed by atoms with van der Waals surface area (Å²) >= 11 is 1.07. The fraction of sp³-hybridized carbons (Fsp3) is 0.0909. The second kappa shape index (κ2) is 8.52. The summed E-state index contributed by atoms with van der Waals surface area (Å²) in [6.45, 7) is 1.70. The molecule has 158 valence electrons. The number of nitrogens with one attached hydrogen (secondary N) is 2. The molecule has 31 heavy (non-hydrogen) atoms. The number of para-hydroxylation sites is 2. The third-order valence-corrected chi connectivity index (χ3v) is 7.44. The van der Waals surface area contributed by atoms with E-state index in [-0.39, 0.29) is 22.4 Å². The van der Waals surface area contributed by atoms with Crippen LogP contribution >= 0.6 is 11.8 Å². The highest BCUT2D eigenvalue weighted by Gasteiger charge is 2.31. The molecule has 4 rings (SSSR count). The maximum Gasteiger partial charge on any atom is 0.336 e. The fourth-order valence-electron chi connectivity index (χ4n) is 3.15. The van der Waals surface area contributed by atoms with Gasteiger partial charge in [0.1, 0.15) is 10.7 Å². The van der Waals surface area contributed by atoms with Gasteiger partial charge in [-0.15, -0.1) is 3.97 Å². The number of aromatic nitrogens is 2. The minimum atomic E-state index is -3.88. The fourth-order valence-corrected chi connectivity index (χ4v) is 5.73. The molecular formula is C22H19FN3O3S2+. The first-order chi connectivity index (χ1) is 14.9. The molecule has 3 aromatic carbocycles. The van der Waals surface area contributed by atoms with Crippen molar-refractivity contribution in [3.63, 3.8) is 0 Å². The molecule has 6 nitrogen and oxygen atoms in total. The zero-order valence-electron chi connectivity index (χ0n) is 16.5. The van der Waals surface area contributed by atoms with Crippen LogP contribution in [-0.4, -0.2) is 25.1 Å². The van der Waals surface area contributed by atoms with Crippen LogP contribution in [-0.2, 0) is 14.8 Å². The molecule has 0 fully saturated rings. The average molecular weight is 457 g/mol. The molecule has 0 aliphatic heterocycles. The first-order valence-electron chi connectivity index (χ1n) is 9.38. The molecule has 0 spiro atoms. The molecule has 0 aliphatic carbocycles. The van der Waals surface area contributed by atoms with E-state index < -0.39 is 10.0 Å². The van der Waals surface area contributed by atoms with Crippen molar-refractivity contribution >= 4 is 44.4 Å². The predicted octanol–water partition coefficient (Wildman–Crippen LogP) is 3.87. The minimum Gasteiger partial charge on any atom is -0.325 e. The zero-order valence-corrected chi connectivity index (χ0v) is 18.1. The number of imidazole rings is 1. The molecule has 9 heteroatoms. The van der Waals surface area contributed by atoms with Crippen molar-refractivity contribution in [1.82, 2.24) is 4.98 Å². The Balaban J connectivity index is 1.64. The van der Waals surface area contributed by atoms with Gasteiger partial charge < -0.3 is 5.32 Å². The first-order valence-corrected chi connectivity index (χ1v) is 11.8. The largest absolute Gasteiger partial charge is 0.336 e. The van der Waals surface area contributed by atoms with Crippen molar-refractivity contribution in [1.29, 1.82) is 0 Å². The molecule has 0 unspecified atom stereocenters. The van der Waals surface area contributed by atoms with Crippen LogP contribution in [0.4, 0.5) is 10.1 Å². The number of carbonyl (C=O) groups excluding carboxylic acids is 1. The van der Waals surface area contributed by atoms with E-state index in [0.717, 1.165) is 11.8 Å². The lowest BCUT2D eigenvalue weighted by Gasteiger charge is -2.08. The number of amides is 1. The summed E-state index contributed by atoms with van der Waals surface area (Å²) in [5, 5.41) is 3.05. The second-order valence-electron chi connectivity index (χ2n) is 6.83. The van der Waals surface area contributed by atoms with E-state index in [9.17, 15) is 17.6 Å². The first kappa shape index (κ1) is 21.1. The van der Waals surface area contributed by atoms with Crippen LogP contribution < -0.4 is 9.29 Å². The number of rotatable bonds is 6. The zero-order chi connectivity index (χ0) is 22.0. The molecule has 0 saturated heterocycles. The highest BCUT2D eigenvalue weighted by atomic mass is 32.2. The number of benzene rings is 3. The van der Waals surface area contributed by atoms with Crippen LogP contribution in [0, 0.1) is 12.7 Å². The topological polar surface area (TPSA) is 82.9 Å². The molecule has 0 aliphatic rings. The minimum absolute atomic E-state index is 0.0338. The van der Waals surface area contributed by atoms with Gasteiger partial charge in [-0.05, 0) is 66.7 Å². The number of halogens is 1. The Morgan fingerprint density at radius 2 is 1.77 bits per heavy atom. The molecule has 2 N–H and O–H groups in total. The molecule has 0 saturated carbocycles. The van der Waals surface area contributed by atoms with E-state index in [1.165, 1.54) is 34.3 Å². The number of anilines is 1. The average Bonchev–Trinajstić information content (AvgIpc) is 3.14. The van der Waals surface area contributed by atoms with E-state index in [4.69, 9.17) is 0 Å². The quantitative estimate of drug-likeness (QED) is 0.341. The van der Waals surface area contributed by atoms with E-state index in [1.54, 1.807) is 49.4 Å². The monoisotopic (exact) mass is 456 g/mol. The number of carbonyl (C=O) groups is 1. The Morgan fingerprint density at radius 3 is 2.52 bits per heavy atom. The van der Waals surface area contributed by atoms with Gasteiger partial charge in [-0.2, -0.15) is 8.42 Å². The number of hydrogen-bond acceptors (Lipinski definition) is 4. The molecule has 1 heterocycles. The van der Waals surface area contributed by atoms with Gasteiger partial charge >= 0.3 is 15.2 Å². The molecule has 1 amide bonds. The van der Waals surface area contributed by atoms with Gasteiger partial charge in [0.25, 0.3) is 0 Å². The number of thioether (sulfide) groups is 1. The van der Waals surface area contributed by atoms with Crippen LogP contribution in [0.25, 0.3) is 11.0 Å². The SMILES string of the molecule is Cc1cc(F)ccc1NC(=O)CSc1[nH]c2ccccc2[n+]1S(=O)(=O)c1ccccc1. The summed E-state index contributed by atoms with van der Waals surface area (Å²) in [6, 6.07) is 19.3. The molecule has 0 radical (unpaired) electrons. The standard InChI is InChI=1S/C22H18FN3O3S2/c1-15-13-16(23)11-12-18(15)24-21(27)14-30-22-25-19-9-5-6-10-20(19)26(22)31(28,29)17-7-3-2-4-8-17/h2-13H,14H2,1H3,(H,24,27)/p+1. The molecule has 4 aromatic rings. The summed E-state index contributed by atoms with van der Waals surface area (Å²) in [5.41, 5.74) is 2.24. The number of fused-ring (bicyclic) bond motifs is 1. The number of nitrogens with zero attached hydrogens (tertiary/aromatic N) is 1. The Bertz CT molecular complexity index is 1370. The van der Waals surface area contributed by atoms with Gasteiger partial charge in [0.15, 0.2) is 11.0 Å². The van der Waals surface area contributed by atoms with Gasteiger partial charge in [0, 0.05) is 5.69 Å². The number of aryl methyl sites for hydroxylation is 1. The van der Waals surface area contributed by atoms with Crippen molar-refractivity contribution < 1.29 is 21.6 Å². The normalized spacial score (nSPS) is 11.5. The maximum atomic E-state index is 13.3. The predicted molar refractivity (Wildman–Crippen MR) is 118 cm³/mol. The highest BCUT2D eigenvalue weighted by Crippen LogP contribution is 2.22. The lowest BCUT2D eigenvalue weighted by Crippen LogP contribution is -2.44. The van der Waals surface area contributed by atoms with Crippen molar-refractivity contribution in [3.8, 4) is 0 Å². The third-order valence-electron chi connectivity index (χ3n) is 4.63. The summed E-state index contributed by atoms with van der Waals surface area (Å²) in [5.74, 6) is -0.745. The van der Waals surface area contributed by atoms with E-state index in [2.05, 4.69) is 10.3 Å². The van der Waals surface area contributed by atoms with E-state index in [0.29, 0.717) is 27.4 Å². The smallest absolute Gasteiger partial charge is 0.325 e. The summed E-state index contributed by atoms with van der Waals surface area (Å²) in [7, 11) is -3.88. The van der Waals surface area contributed by atoms with Crippen LogP contribution in [0.5, 0.6) is 0 Å². The van der Waals surface area contributed by atoms with Crippen molar-refractivity contribution in [2.45, 2.75) is 17.0 Å². The van der Waals surface area contributed by atoms with Crippen LogP contribution in [0.15, 0.2) is 82.8 Å². The van der Waals surface area contributed by atoms with Gasteiger partial charge in [-0.25, -0.2) is 9.37 Å². The molecule has 1 aromatic heterocycles. The Labute approximate surface area is 183 Å². The lowest BCUT2D eigenvalue weighted by molar-refractivity contribution is -0.526. The second-order valence-corrected chi connectivity index (χ2v) is 9.58. The van der Waals surface area contributed by atoms with Gasteiger partial charge in [-0.1, -0.05) is 30.3 Å². The van der Waals surface area contributed by atoms with Crippen molar-refractivity contribution in [3.05, 3.63) is 84.2 Å². The summed E-state index contributed by atoms with van der Waals surface area (Å²) in [4.78, 5) is 15.7. The van der Waals surface area contributed by atoms with Gasteiger partial charge in [-0.3, -0.25) is 4.79 Å². The van der Waals surface area contributed by atoms with Crippen molar-refractivity contribution in [2.75, 3.05) is 11.1 Å². The van der Waals surface area contributed by atoms with Crippen LogP contribution in [0.1, 0.15) is 5.56 Å². The molecule has 0 bridgehead atoms. The highest BCUT2D eigenvalue weighted by molar-refractivity contribution is 8.00. The number of hydrogen-bond donors (Lipinski definition) is 2. The maximum absolute atomic E-state index is 13.3. The molecule has 0 atom stereocenters. The van der Waals surface area contributed by atoms with Gasteiger partial charge in [0.2, 0.25) is 5.91 Å². The summed E-state index contributed by atoms with van der Waals surface area (Å²) < 4.78 is 41.2. The van der Waals surface area contributed by atoms with E-state index in [1.807, 2.05) is 0 Å². The number of H-pyrrole nitrogens is 1. The molecular weight excluding hydrogens is 437 g/mol.